The second-order valence-corrected chi connectivity index (χ2v) is 9.40. The third kappa shape index (κ3) is 5.42. The molecule has 0 unspecified atom stereocenters. The van der Waals surface area contributed by atoms with E-state index in [4.69, 9.17) is 0 Å². The van der Waals surface area contributed by atoms with Crippen LogP contribution in [0.15, 0.2) is 58.3 Å². The van der Waals surface area contributed by atoms with Crippen LogP contribution in [-0.2, 0) is 14.8 Å². The summed E-state index contributed by atoms with van der Waals surface area (Å²) in [6, 6.07) is 11.3. The minimum atomic E-state index is -3.62. The molecule has 2 aromatic carbocycles. The van der Waals surface area contributed by atoms with Crippen molar-refractivity contribution in [1.82, 2.24) is 14.9 Å². The Morgan fingerprint density at radius 3 is 2.47 bits per heavy atom. The molecule has 32 heavy (non-hydrogen) atoms. The molecule has 2 aromatic rings. The Kier molecular flexibility index (Phi) is 7.44. The molecule has 8 nitrogen and oxygen atoms in total. The summed E-state index contributed by atoms with van der Waals surface area (Å²) >= 11 is 0.705. The average molecular weight is 478 g/mol. The third-order valence-corrected chi connectivity index (χ3v) is 6.92. The highest BCUT2D eigenvalue weighted by molar-refractivity contribution is 8.18. The van der Waals surface area contributed by atoms with Gasteiger partial charge in [-0.05, 0) is 48.2 Å². The SMILES string of the molecule is CCNS(=O)(=O)c1ccc(C(=O)NCCN2C(=O)S/C(=C\c3ccccc3F)C2=O)cc1. The van der Waals surface area contributed by atoms with E-state index in [-0.39, 0.29) is 40.6 Å². The fourth-order valence-electron chi connectivity index (χ4n) is 2.87. The van der Waals surface area contributed by atoms with Gasteiger partial charge in [0.1, 0.15) is 5.82 Å². The second-order valence-electron chi connectivity index (χ2n) is 6.64. The van der Waals surface area contributed by atoms with Gasteiger partial charge in [-0.15, -0.1) is 0 Å². The number of benzene rings is 2. The molecular formula is C21H20FN3O5S2. The van der Waals surface area contributed by atoms with Gasteiger partial charge in [-0.1, -0.05) is 25.1 Å². The minimum absolute atomic E-state index is 0.00128. The van der Waals surface area contributed by atoms with Crippen molar-refractivity contribution in [2.75, 3.05) is 19.6 Å². The van der Waals surface area contributed by atoms with Gasteiger partial charge in [-0.25, -0.2) is 17.5 Å². The fraction of sp³-hybridized carbons (Fsp3) is 0.190. The summed E-state index contributed by atoms with van der Waals surface area (Å²) in [4.78, 5) is 38.0. The number of sulfonamides is 1. The standard InChI is InChI=1S/C21H20FN3O5S2/c1-2-24-32(29,30)16-9-7-14(8-10-16)19(26)23-11-12-25-20(27)18(31-21(25)28)13-15-5-3-4-6-17(15)22/h3-10,13,24H,2,11-12H2,1H3,(H,23,26)/b18-13-. The Bertz CT molecular complexity index is 1180. The van der Waals surface area contributed by atoms with Gasteiger partial charge >= 0.3 is 0 Å². The molecule has 0 aliphatic carbocycles. The van der Waals surface area contributed by atoms with E-state index in [1.807, 2.05) is 0 Å². The van der Waals surface area contributed by atoms with Crippen LogP contribution in [0.4, 0.5) is 9.18 Å². The van der Waals surface area contributed by atoms with E-state index >= 15 is 0 Å². The summed E-state index contributed by atoms with van der Waals surface area (Å²) in [6.07, 6.45) is 1.32. The minimum Gasteiger partial charge on any atom is -0.350 e. The van der Waals surface area contributed by atoms with E-state index in [1.165, 1.54) is 48.5 Å². The van der Waals surface area contributed by atoms with Crippen molar-refractivity contribution >= 4 is 44.9 Å². The van der Waals surface area contributed by atoms with Gasteiger partial charge in [0.05, 0.1) is 9.80 Å². The van der Waals surface area contributed by atoms with Crippen LogP contribution in [0.3, 0.4) is 0 Å². The number of hydrogen-bond donors (Lipinski definition) is 2. The molecule has 11 heteroatoms. The number of amides is 3. The van der Waals surface area contributed by atoms with Crippen LogP contribution in [0.1, 0.15) is 22.8 Å². The fourth-order valence-corrected chi connectivity index (χ4v) is 4.77. The molecule has 168 valence electrons. The summed E-state index contributed by atoms with van der Waals surface area (Å²) in [5.41, 5.74) is 0.430. The van der Waals surface area contributed by atoms with Gasteiger partial charge in [0.25, 0.3) is 17.1 Å². The van der Waals surface area contributed by atoms with Gasteiger partial charge in [0.15, 0.2) is 0 Å². The van der Waals surface area contributed by atoms with Crippen molar-refractivity contribution in [3.63, 3.8) is 0 Å². The van der Waals surface area contributed by atoms with Crippen LogP contribution >= 0.6 is 11.8 Å². The van der Waals surface area contributed by atoms with Gasteiger partial charge in [-0.3, -0.25) is 19.3 Å². The predicted octanol–water partition coefficient (Wildman–Crippen LogP) is 2.59. The first kappa shape index (κ1) is 23.6. The topological polar surface area (TPSA) is 113 Å². The Labute approximate surface area is 188 Å². The first-order chi connectivity index (χ1) is 15.2. The van der Waals surface area contributed by atoms with Gasteiger partial charge < -0.3 is 5.32 Å². The highest BCUT2D eigenvalue weighted by atomic mass is 32.2. The van der Waals surface area contributed by atoms with Crippen LogP contribution in [0.25, 0.3) is 6.08 Å². The summed E-state index contributed by atoms with van der Waals surface area (Å²) in [5.74, 6) is -1.54. The molecule has 0 radical (unpaired) electrons. The zero-order valence-corrected chi connectivity index (χ0v) is 18.6. The third-order valence-electron chi connectivity index (χ3n) is 4.45. The average Bonchev–Trinajstić information content (AvgIpc) is 3.02. The number of thioether (sulfide) groups is 1. The maximum absolute atomic E-state index is 13.8. The molecule has 1 saturated heterocycles. The number of carbonyl (C=O) groups is 3. The first-order valence-electron chi connectivity index (χ1n) is 9.60. The summed E-state index contributed by atoms with van der Waals surface area (Å²) in [6.45, 7) is 1.85. The lowest BCUT2D eigenvalue weighted by Gasteiger charge is -2.13. The predicted molar refractivity (Wildman–Crippen MR) is 119 cm³/mol. The molecule has 0 atom stereocenters. The van der Waals surface area contributed by atoms with Crippen LogP contribution in [0.5, 0.6) is 0 Å². The number of imide groups is 1. The second kappa shape index (κ2) is 10.1. The van der Waals surface area contributed by atoms with Gasteiger partial charge in [-0.2, -0.15) is 0 Å². The van der Waals surface area contributed by atoms with E-state index in [2.05, 4.69) is 10.0 Å². The molecule has 0 spiro atoms. The molecule has 1 heterocycles. The molecule has 3 amide bonds. The van der Waals surface area contributed by atoms with Crippen LogP contribution in [0, 0.1) is 5.82 Å². The van der Waals surface area contributed by atoms with E-state index in [0.29, 0.717) is 11.8 Å². The van der Waals surface area contributed by atoms with Crippen molar-refractivity contribution in [3.05, 3.63) is 70.4 Å². The highest BCUT2D eigenvalue weighted by Gasteiger charge is 2.34. The number of rotatable bonds is 8. The summed E-state index contributed by atoms with van der Waals surface area (Å²) in [7, 11) is -3.62. The van der Waals surface area contributed by atoms with E-state index in [0.717, 1.165) is 4.90 Å². The Morgan fingerprint density at radius 2 is 1.81 bits per heavy atom. The molecular weight excluding hydrogens is 457 g/mol. The van der Waals surface area contributed by atoms with E-state index in [1.54, 1.807) is 13.0 Å². The molecule has 0 bridgehead atoms. The number of halogens is 1. The highest BCUT2D eigenvalue weighted by Crippen LogP contribution is 2.32. The number of carbonyl (C=O) groups excluding carboxylic acids is 3. The smallest absolute Gasteiger partial charge is 0.293 e. The zero-order valence-electron chi connectivity index (χ0n) is 17.0. The zero-order chi connectivity index (χ0) is 23.3. The van der Waals surface area contributed by atoms with Crippen LogP contribution in [-0.4, -0.2) is 50.0 Å². The van der Waals surface area contributed by atoms with Crippen molar-refractivity contribution < 1.29 is 27.2 Å². The van der Waals surface area contributed by atoms with Gasteiger partial charge in [0.2, 0.25) is 10.0 Å². The molecule has 0 aromatic heterocycles. The Balaban J connectivity index is 1.58. The van der Waals surface area contributed by atoms with Crippen molar-refractivity contribution in [2.24, 2.45) is 0 Å². The summed E-state index contributed by atoms with van der Waals surface area (Å²) in [5, 5.41) is 2.08. The van der Waals surface area contributed by atoms with Crippen LogP contribution in [0.2, 0.25) is 0 Å². The van der Waals surface area contributed by atoms with Gasteiger partial charge in [0, 0.05) is 30.8 Å². The maximum Gasteiger partial charge on any atom is 0.293 e. The van der Waals surface area contributed by atoms with Crippen molar-refractivity contribution in [1.29, 1.82) is 0 Å². The van der Waals surface area contributed by atoms with Crippen LogP contribution < -0.4 is 10.0 Å². The quantitative estimate of drug-likeness (QED) is 0.565. The lowest BCUT2D eigenvalue weighted by Crippen LogP contribution is -2.37. The summed E-state index contributed by atoms with van der Waals surface area (Å²) < 4.78 is 40.0. The normalized spacial score (nSPS) is 15.4. The Morgan fingerprint density at radius 1 is 1.12 bits per heavy atom. The number of hydrogen-bond acceptors (Lipinski definition) is 6. The molecule has 1 aliphatic rings. The molecule has 3 rings (SSSR count). The Hall–Kier alpha value is -3.02. The van der Waals surface area contributed by atoms with Crippen molar-refractivity contribution in [2.45, 2.75) is 11.8 Å². The molecule has 2 N–H and O–H groups in total. The molecule has 1 aliphatic heterocycles. The lowest BCUT2D eigenvalue weighted by atomic mass is 10.2. The number of nitrogens with zero attached hydrogens (tertiary/aromatic N) is 1. The largest absolute Gasteiger partial charge is 0.350 e. The monoisotopic (exact) mass is 477 g/mol. The first-order valence-corrected chi connectivity index (χ1v) is 11.9. The molecule has 1 fully saturated rings. The molecule has 0 saturated carbocycles. The van der Waals surface area contributed by atoms with E-state index < -0.39 is 32.9 Å². The number of nitrogens with one attached hydrogen (secondary N) is 2. The van der Waals surface area contributed by atoms with Crippen molar-refractivity contribution in [3.8, 4) is 0 Å². The van der Waals surface area contributed by atoms with E-state index in [9.17, 15) is 27.2 Å². The maximum atomic E-state index is 13.8. The lowest BCUT2D eigenvalue weighted by molar-refractivity contribution is -0.122.